The quantitative estimate of drug-likeness (QED) is 0.846. The van der Waals surface area contributed by atoms with Gasteiger partial charge in [0, 0.05) is 24.2 Å². The van der Waals surface area contributed by atoms with Crippen molar-refractivity contribution in [2.24, 2.45) is 0 Å². The molecular formula is C13H20F2N2O2S. The van der Waals surface area contributed by atoms with Gasteiger partial charge in [0.25, 0.3) is 0 Å². The van der Waals surface area contributed by atoms with Crippen molar-refractivity contribution in [2.75, 3.05) is 0 Å². The summed E-state index contributed by atoms with van der Waals surface area (Å²) in [7, 11) is -3.99. The first-order valence-electron chi connectivity index (χ1n) is 6.37. The Morgan fingerprint density at radius 1 is 1.10 bits per heavy atom. The van der Waals surface area contributed by atoms with E-state index in [9.17, 15) is 17.2 Å². The summed E-state index contributed by atoms with van der Waals surface area (Å²) in [5.41, 5.74) is -0.273. The van der Waals surface area contributed by atoms with Crippen LogP contribution in [0.1, 0.15) is 33.3 Å². The molecule has 0 spiro atoms. The summed E-state index contributed by atoms with van der Waals surface area (Å²) < 4.78 is 54.1. The number of nitrogens with one attached hydrogen (secondary N) is 2. The Labute approximate surface area is 118 Å². The third-order valence-electron chi connectivity index (χ3n) is 2.52. The van der Waals surface area contributed by atoms with Crippen LogP contribution in [0.15, 0.2) is 17.0 Å². The minimum Gasteiger partial charge on any atom is -0.310 e. The summed E-state index contributed by atoms with van der Waals surface area (Å²) in [5, 5.41) is 2.87. The van der Waals surface area contributed by atoms with Crippen LogP contribution in [0.2, 0.25) is 0 Å². The van der Waals surface area contributed by atoms with Gasteiger partial charge in [-0.25, -0.2) is 21.9 Å². The van der Waals surface area contributed by atoms with Crippen LogP contribution in [0.25, 0.3) is 0 Å². The highest BCUT2D eigenvalue weighted by Gasteiger charge is 2.24. The summed E-state index contributed by atoms with van der Waals surface area (Å²) in [6.45, 7) is 6.84. The van der Waals surface area contributed by atoms with Crippen molar-refractivity contribution in [3.05, 3.63) is 29.3 Å². The summed E-state index contributed by atoms with van der Waals surface area (Å²) >= 11 is 0. The normalized spacial score (nSPS) is 12.4. The zero-order valence-corrected chi connectivity index (χ0v) is 12.8. The van der Waals surface area contributed by atoms with Gasteiger partial charge in [-0.3, -0.25) is 0 Å². The highest BCUT2D eigenvalue weighted by Crippen LogP contribution is 2.21. The molecule has 0 fully saturated rings. The second-order valence-electron chi connectivity index (χ2n) is 5.15. The molecule has 7 heteroatoms. The lowest BCUT2D eigenvalue weighted by molar-refractivity contribution is 0.496. The van der Waals surface area contributed by atoms with Gasteiger partial charge < -0.3 is 5.32 Å². The monoisotopic (exact) mass is 306 g/mol. The zero-order chi connectivity index (χ0) is 15.5. The van der Waals surface area contributed by atoms with Crippen LogP contribution in [0.4, 0.5) is 8.78 Å². The largest absolute Gasteiger partial charge is 0.310 e. The first-order chi connectivity index (χ1) is 9.15. The summed E-state index contributed by atoms with van der Waals surface area (Å²) in [6, 6.07) is 1.56. The van der Waals surface area contributed by atoms with E-state index in [4.69, 9.17) is 0 Å². The van der Waals surface area contributed by atoms with Crippen LogP contribution in [-0.2, 0) is 16.6 Å². The Morgan fingerprint density at radius 2 is 1.70 bits per heavy atom. The smallest absolute Gasteiger partial charge is 0.243 e. The lowest BCUT2D eigenvalue weighted by atomic mass is 10.2. The highest BCUT2D eigenvalue weighted by molar-refractivity contribution is 7.89. The van der Waals surface area contributed by atoms with E-state index in [0.29, 0.717) is 0 Å². The van der Waals surface area contributed by atoms with Gasteiger partial charge in [-0.1, -0.05) is 13.8 Å². The molecule has 0 saturated carbocycles. The van der Waals surface area contributed by atoms with Crippen molar-refractivity contribution in [2.45, 2.75) is 51.2 Å². The SMILES string of the molecule is CC(C)NCc1c(F)ccc(S(=O)(=O)NC(C)C)c1F. The fourth-order valence-electron chi connectivity index (χ4n) is 1.63. The molecule has 0 atom stereocenters. The van der Waals surface area contributed by atoms with Gasteiger partial charge in [0.15, 0.2) is 5.82 Å². The number of halogens is 2. The van der Waals surface area contributed by atoms with E-state index in [2.05, 4.69) is 10.0 Å². The van der Waals surface area contributed by atoms with Gasteiger partial charge in [-0.2, -0.15) is 0 Å². The van der Waals surface area contributed by atoms with E-state index in [0.717, 1.165) is 12.1 Å². The van der Waals surface area contributed by atoms with E-state index < -0.39 is 26.6 Å². The third kappa shape index (κ3) is 4.22. The topological polar surface area (TPSA) is 58.2 Å². The van der Waals surface area contributed by atoms with Crippen molar-refractivity contribution in [3.8, 4) is 0 Å². The van der Waals surface area contributed by atoms with Gasteiger partial charge in [0.2, 0.25) is 10.0 Å². The maximum absolute atomic E-state index is 14.2. The first-order valence-corrected chi connectivity index (χ1v) is 7.86. The van der Waals surface area contributed by atoms with Gasteiger partial charge in [0.1, 0.15) is 10.7 Å². The van der Waals surface area contributed by atoms with E-state index in [1.165, 1.54) is 0 Å². The van der Waals surface area contributed by atoms with E-state index in [1.54, 1.807) is 13.8 Å². The van der Waals surface area contributed by atoms with Crippen molar-refractivity contribution in [1.29, 1.82) is 0 Å². The maximum atomic E-state index is 14.2. The molecule has 0 aliphatic rings. The van der Waals surface area contributed by atoms with Crippen LogP contribution < -0.4 is 10.0 Å². The highest BCUT2D eigenvalue weighted by atomic mass is 32.2. The number of sulfonamides is 1. The summed E-state index contributed by atoms with van der Waals surface area (Å²) in [4.78, 5) is -0.534. The molecule has 0 heterocycles. The Morgan fingerprint density at radius 3 is 2.20 bits per heavy atom. The molecule has 1 rings (SSSR count). The van der Waals surface area contributed by atoms with Crippen LogP contribution in [0, 0.1) is 11.6 Å². The molecule has 4 nitrogen and oxygen atoms in total. The van der Waals surface area contributed by atoms with Gasteiger partial charge in [-0.05, 0) is 26.0 Å². The average molecular weight is 306 g/mol. The van der Waals surface area contributed by atoms with Gasteiger partial charge in [0.05, 0.1) is 0 Å². The Hall–Kier alpha value is -1.05. The second-order valence-corrected chi connectivity index (χ2v) is 6.83. The molecule has 0 unspecified atom stereocenters. The minimum atomic E-state index is -3.99. The van der Waals surface area contributed by atoms with Crippen molar-refractivity contribution in [3.63, 3.8) is 0 Å². The zero-order valence-electron chi connectivity index (χ0n) is 12.0. The number of hydrogen-bond donors (Lipinski definition) is 2. The molecule has 0 aromatic heterocycles. The molecule has 0 amide bonds. The van der Waals surface area contributed by atoms with E-state index >= 15 is 0 Å². The average Bonchev–Trinajstić information content (AvgIpc) is 2.25. The maximum Gasteiger partial charge on any atom is 0.243 e. The summed E-state index contributed by atoms with van der Waals surface area (Å²) in [5.74, 6) is -1.81. The number of rotatable bonds is 6. The van der Waals surface area contributed by atoms with Crippen molar-refractivity contribution in [1.82, 2.24) is 10.0 Å². The van der Waals surface area contributed by atoms with E-state index in [1.807, 2.05) is 13.8 Å². The standard InChI is InChI=1S/C13H20F2N2O2S/c1-8(2)16-7-10-11(14)5-6-12(13(10)15)20(18,19)17-9(3)4/h5-6,8-9,16-17H,7H2,1-4H3. The Balaban J connectivity index is 3.21. The van der Waals surface area contributed by atoms with E-state index in [-0.39, 0.29) is 24.2 Å². The molecule has 114 valence electrons. The molecule has 0 saturated heterocycles. The Kier molecular flexibility index (Phi) is 5.61. The second kappa shape index (κ2) is 6.60. The van der Waals surface area contributed by atoms with Crippen LogP contribution in [0.5, 0.6) is 0 Å². The molecular weight excluding hydrogens is 286 g/mol. The molecule has 0 radical (unpaired) electrons. The van der Waals surface area contributed by atoms with Crippen LogP contribution >= 0.6 is 0 Å². The van der Waals surface area contributed by atoms with Gasteiger partial charge >= 0.3 is 0 Å². The predicted octanol–water partition coefficient (Wildman–Crippen LogP) is 2.15. The lowest BCUT2D eigenvalue weighted by Crippen LogP contribution is -2.31. The lowest BCUT2D eigenvalue weighted by Gasteiger charge is -2.14. The predicted molar refractivity (Wildman–Crippen MR) is 73.8 cm³/mol. The molecule has 2 N–H and O–H groups in total. The molecule has 0 aliphatic heterocycles. The fraction of sp³-hybridized carbons (Fsp3) is 0.538. The minimum absolute atomic E-state index is 0.0304. The van der Waals surface area contributed by atoms with Gasteiger partial charge in [-0.15, -0.1) is 0 Å². The van der Waals surface area contributed by atoms with Crippen LogP contribution in [-0.4, -0.2) is 20.5 Å². The Bertz CT molecular complexity index is 572. The molecule has 0 bridgehead atoms. The van der Waals surface area contributed by atoms with Crippen molar-refractivity contribution >= 4 is 10.0 Å². The summed E-state index contributed by atoms with van der Waals surface area (Å²) in [6.07, 6.45) is 0. The number of hydrogen-bond acceptors (Lipinski definition) is 3. The molecule has 0 aliphatic carbocycles. The third-order valence-corrected chi connectivity index (χ3v) is 4.19. The fourth-order valence-corrected chi connectivity index (χ4v) is 2.98. The molecule has 1 aromatic carbocycles. The molecule has 20 heavy (non-hydrogen) atoms. The first kappa shape index (κ1) is 17.0. The number of benzene rings is 1. The van der Waals surface area contributed by atoms with Crippen LogP contribution in [0.3, 0.4) is 0 Å². The molecule has 1 aromatic rings. The van der Waals surface area contributed by atoms with Crippen molar-refractivity contribution < 1.29 is 17.2 Å².